The van der Waals surface area contributed by atoms with Crippen LogP contribution in [-0.4, -0.2) is 9.55 Å². The number of nitrogens with zero attached hydrogens (tertiary/aromatic N) is 2. The number of imidazole rings is 1. The number of aromatic nitrogens is 2. The highest BCUT2D eigenvalue weighted by Gasteiger charge is 2.18. The van der Waals surface area contributed by atoms with E-state index in [1.54, 1.807) is 10.6 Å². The van der Waals surface area contributed by atoms with Crippen molar-refractivity contribution < 1.29 is 6.85 Å². The molecular formula is C41H28N2S. The van der Waals surface area contributed by atoms with Gasteiger partial charge in [-0.15, -0.1) is 11.3 Å². The minimum Gasteiger partial charge on any atom is -0.296 e. The van der Waals surface area contributed by atoms with Crippen LogP contribution in [0.3, 0.4) is 0 Å². The van der Waals surface area contributed by atoms with Gasteiger partial charge in [0, 0.05) is 39.1 Å². The maximum Gasteiger partial charge on any atom is 0.114 e. The topological polar surface area (TPSA) is 17.8 Å². The summed E-state index contributed by atoms with van der Waals surface area (Å²) in [5.74, 6) is -0.146. The minimum absolute atomic E-state index is 0.146. The highest BCUT2D eigenvalue weighted by molar-refractivity contribution is 7.25. The lowest BCUT2D eigenvalue weighted by atomic mass is 9.85. The van der Waals surface area contributed by atoms with Crippen molar-refractivity contribution in [3.8, 4) is 27.9 Å². The van der Waals surface area contributed by atoms with Crippen LogP contribution in [0.4, 0.5) is 0 Å². The van der Waals surface area contributed by atoms with E-state index in [1.165, 1.54) is 25.7 Å². The number of hydrogen-bond donors (Lipinski definition) is 0. The largest absolute Gasteiger partial charge is 0.296 e. The Morgan fingerprint density at radius 2 is 1.20 bits per heavy atom. The first-order valence-corrected chi connectivity index (χ1v) is 15.5. The molecule has 2 aromatic heterocycles. The Labute approximate surface area is 266 Å². The maximum atomic E-state index is 8.69. The second kappa shape index (κ2) is 9.90. The van der Waals surface area contributed by atoms with Crippen LogP contribution in [-0.2, 0) is 6.37 Å². The third-order valence-corrected chi connectivity index (χ3v) is 9.81. The van der Waals surface area contributed by atoms with Gasteiger partial charge in [-0.25, -0.2) is 4.98 Å². The molecule has 0 spiro atoms. The summed E-state index contributed by atoms with van der Waals surface area (Å²) in [4.78, 5) is 4.54. The average molecular weight is 586 g/mol. The summed E-state index contributed by atoms with van der Waals surface area (Å²) < 4.78 is 45.7. The smallest absolute Gasteiger partial charge is 0.114 e. The van der Waals surface area contributed by atoms with E-state index < -0.39 is 13.2 Å². The Morgan fingerprint density at radius 1 is 0.591 bits per heavy atom. The van der Waals surface area contributed by atoms with E-state index in [0.717, 1.165) is 38.2 Å². The SMILES string of the molecule is [2H]C([2H])([2H])C([2H])([2H])c1nc2ccccc2n1-c1cccc(-c2c3ccccc3c(-c3ccc4sc5ccccc5c4c3)c3ccccc23)c1. The molecule has 44 heavy (non-hydrogen) atoms. The third-order valence-electron chi connectivity index (χ3n) is 8.66. The molecule has 0 aliphatic heterocycles. The molecule has 0 aliphatic carbocycles. The first-order chi connectivity index (χ1) is 23.7. The molecule has 0 bridgehead atoms. The maximum absolute atomic E-state index is 8.69. The van der Waals surface area contributed by atoms with E-state index in [0.29, 0.717) is 16.7 Å². The summed E-state index contributed by atoms with van der Waals surface area (Å²) in [5, 5.41) is 6.97. The zero-order valence-electron chi connectivity index (χ0n) is 28.6. The van der Waals surface area contributed by atoms with Crippen LogP contribution in [0.2, 0.25) is 0 Å². The van der Waals surface area contributed by atoms with E-state index >= 15 is 0 Å². The van der Waals surface area contributed by atoms with Crippen molar-refractivity contribution >= 4 is 64.1 Å². The second-order valence-corrected chi connectivity index (χ2v) is 12.2. The predicted octanol–water partition coefficient (Wildman–Crippen LogP) is 11.6. The fourth-order valence-electron chi connectivity index (χ4n) is 6.80. The van der Waals surface area contributed by atoms with Gasteiger partial charge in [0.05, 0.1) is 11.0 Å². The Bertz CT molecular complexity index is 2700. The van der Waals surface area contributed by atoms with E-state index in [2.05, 4.69) is 102 Å². The van der Waals surface area contributed by atoms with E-state index in [9.17, 15) is 0 Å². The number of aryl methyl sites for hydroxylation is 1. The highest BCUT2D eigenvalue weighted by Crippen LogP contribution is 2.45. The lowest BCUT2D eigenvalue weighted by Gasteiger charge is -2.18. The van der Waals surface area contributed by atoms with Gasteiger partial charge in [0.2, 0.25) is 0 Å². The Balaban J connectivity index is 1.31. The van der Waals surface area contributed by atoms with Crippen molar-refractivity contribution in [1.82, 2.24) is 9.55 Å². The fourth-order valence-corrected chi connectivity index (χ4v) is 7.89. The van der Waals surface area contributed by atoms with Crippen molar-refractivity contribution in [3.05, 3.63) is 145 Å². The first kappa shape index (κ1) is 20.6. The van der Waals surface area contributed by atoms with Gasteiger partial charge in [-0.3, -0.25) is 4.57 Å². The first-order valence-electron chi connectivity index (χ1n) is 17.1. The molecule has 2 nitrogen and oxygen atoms in total. The van der Waals surface area contributed by atoms with Gasteiger partial charge in [-0.1, -0.05) is 104 Å². The summed E-state index contributed by atoms with van der Waals surface area (Å²) in [7, 11) is 0. The van der Waals surface area contributed by atoms with Gasteiger partial charge in [0.15, 0.2) is 0 Å². The van der Waals surface area contributed by atoms with Crippen LogP contribution >= 0.6 is 11.3 Å². The molecular weight excluding hydrogens is 553 g/mol. The molecule has 2 heterocycles. The van der Waals surface area contributed by atoms with Crippen molar-refractivity contribution in [2.24, 2.45) is 0 Å². The van der Waals surface area contributed by atoms with Crippen molar-refractivity contribution in [3.63, 3.8) is 0 Å². The molecule has 3 heteroatoms. The Kier molecular flexibility index (Phi) is 4.64. The van der Waals surface area contributed by atoms with Crippen molar-refractivity contribution in [2.45, 2.75) is 13.2 Å². The molecule has 7 aromatic carbocycles. The number of para-hydroxylation sites is 2. The molecule has 0 unspecified atom stereocenters. The molecule has 0 atom stereocenters. The van der Waals surface area contributed by atoms with E-state index in [4.69, 9.17) is 6.85 Å². The molecule has 0 saturated heterocycles. The lowest BCUT2D eigenvalue weighted by molar-refractivity contribution is 0.908. The van der Waals surface area contributed by atoms with E-state index in [1.807, 2.05) is 47.7 Å². The molecule has 208 valence electrons. The van der Waals surface area contributed by atoms with Crippen LogP contribution in [0.1, 0.15) is 19.5 Å². The Hall–Kier alpha value is -5.25. The monoisotopic (exact) mass is 585 g/mol. The van der Waals surface area contributed by atoms with Gasteiger partial charge in [-0.2, -0.15) is 0 Å². The molecule has 0 saturated carbocycles. The van der Waals surface area contributed by atoms with Gasteiger partial charge in [0.25, 0.3) is 0 Å². The number of thiophene rings is 1. The quantitative estimate of drug-likeness (QED) is 0.188. The highest BCUT2D eigenvalue weighted by atomic mass is 32.1. The fraction of sp³-hybridized carbons (Fsp3) is 0.0488. The number of hydrogen-bond acceptors (Lipinski definition) is 2. The molecule has 9 aromatic rings. The molecule has 0 radical (unpaired) electrons. The van der Waals surface area contributed by atoms with Gasteiger partial charge < -0.3 is 0 Å². The summed E-state index contributed by atoms with van der Waals surface area (Å²) in [5.41, 5.74) is 6.15. The second-order valence-electron chi connectivity index (χ2n) is 11.1. The summed E-state index contributed by atoms with van der Waals surface area (Å²) in [6.07, 6.45) is -2.68. The third kappa shape index (κ3) is 3.76. The number of benzene rings is 7. The predicted molar refractivity (Wildman–Crippen MR) is 189 cm³/mol. The van der Waals surface area contributed by atoms with Crippen molar-refractivity contribution in [1.29, 1.82) is 0 Å². The Morgan fingerprint density at radius 3 is 1.93 bits per heavy atom. The minimum atomic E-state index is -2.91. The summed E-state index contributed by atoms with van der Waals surface area (Å²) in [6.45, 7) is -2.91. The van der Waals surface area contributed by atoms with Crippen LogP contribution in [0.5, 0.6) is 0 Å². The number of fused-ring (bicyclic) bond motifs is 6. The van der Waals surface area contributed by atoms with Crippen LogP contribution < -0.4 is 0 Å². The summed E-state index contributed by atoms with van der Waals surface area (Å²) >= 11 is 1.82. The van der Waals surface area contributed by atoms with Gasteiger partial charge >= 0.3 is 0 Å². The number of rotatable bonds is 4. The van der Waals surface area contributed by atoms with Gasteiger partial charge in [0.1, 0.15) is 5.82 Å². The van der Waals surface area contributed by atoms with Crippen LogP contribution in [0, 0.1) is 0 Å². The molecule has 0 amide bonds. The summed E-state index contributed by atoms with van der Waals surface area (Å²) in [6, 6.07) is 47.6. The standard InChI is InChI=1S/C41H28N2S/c1-2-39-42-35-19-8-9-20-36(35)43(39)28-13-11-12-26(24-28)40-30-15-3-5-17-32(30)41(33-18-6-4-16-31(33)40)27-22-23-38-34(25-27)29-14-7-10-21-37(29)44-38/h3-25H,2H2,1H3/i1D3,2D2. The van der Waals surface area contributed by atoms with Crippen LogP contribution in [0.25, 0.3) is 80.7 Å². The van der Waals surface area contributed by atoms with Gasteiger partial charge in [-0.05, 0) is 86.3 Å². The zero-order chi connectivity index (χ0) is 33.5. The molecule has 0 aliphatic rings. The van der Waals surface area contributed by atoms with Crippen LogP contribution in [0.15, 0.2) is 140 Å². The molecule has 0 N–H and O–H groups in total. The lowest BCUT2D eigenvalue weighted by Crippen LogP contribution is -2.00. The zero-order valence-corrected chi connectivity index (χ0v) is 24.4. The molecule has 0 fully saturated rings. The molecule has 9 rings (SSSR count). The van der Waals surface area contributed by atoms with Crippen molar-refractivity contribution in [2.75, 3.05) is 0 Å². The van der Waals surface area contributed by atoms with E-state index in [-0.39, 0.29) is 5.82 Å². The average Bonchev–Trinajstić information content (AvgIpc) is 3.69. The normalized spacial score (nSPS) is 14.1.